The largest absolute Gasteiger partial charge is 0.355 e. The molecular formula is C13H17ClF2N2O2. The van der Waals surface area contributed by atoms with Gasteiger partial charge in [-0.25, -0.2) is 8.78 Å². The lowest BCUT2D eigenvalue weighted by atomic mass is 10.1. The predicted octanol–water partition coefficient (Wildman–Crippen LogP) is 1.69. The van der Waals surface area contributed by atoms with E-state index >= 15 is 0 Å². The summed E-state index contributed by atoms with van der Waals surface area (Å²) < 4.78 is 25.6. The van der Waals surface area contributed by atoms with Gasteiger partial charge in [-0.3, -0.25) is 9.59 Å². The molecule has 112 valence electrons. The molecule has 0 heterocycles. The van der Waals surface area contributed by atoms with Gasteiger partial charge < -0.3 is 10.6 Å². The zero-order chi connectivity index (χ0) is 14.3. The zero-order valence-electron chi connectivity index (χ0n) is 11.0. The van der Waals surface area contributed by atoms with Crippen LogP contribution in [0, 0.1) is 11.6 Å². The van der Waals surface area contributed by atoms with Crippen molar-refractivity contribution in [3.05, 3.63) is 35.4 Å². The third-order valence-electron chi connectivity index (χ3n) is 2.52. The molecule has 0 aliphatic carbocycles. The number of Topliss-reactive ketones (excluding diaryl/α,β-unsaturated/α-hetero) is 1. The summed E-state index contributed by atoms with van der Waals surface area (Å²) in [6.45, 7) is 1.12. The summed E-state index contributed by atoms with van der Waals surface area (Å²) in [4.78, 5) is 23.0. The van der Waals surface area contributed by atoms with Gasteiger partial charge in [0.2, 0.25) is 5.91 Å². The lowest BCUT2D eigenvalue weighted by Crippen LogP contribution is -2.30. The van der Waals surface area contributed by atoms with Crippen molar-refractivity contribution in [2.75, 3.05) is 20.1 Å². The smallest absolute Gasteiger partial charge is 0.220 e. The number of halogens is 3. The van der Waals surface area contributed by atoms with Gasteiger partial charge in [0.1, 0.15) is 0 Å². The quantitative estimate of drug-likeness (QED) is 0.595. The number of hydrogen-bond donors (Lipinski definition) is 2. The molecule has 0 aliphatic rings. The zero-order valence-corrected chi connectivity index (χ0v) is 11.9. The van der Waals surface area contributed by atoms with E-state index in [0.717, 1.165) is 12.1 Å². The molecule has 0 saturated carbocycles. The maximum Gasteiger partial charge on any atom is 0.220 e. The van der Waals surface area contributed by atoms with Crippen LogP contribution < -0.4 is 10.6 Å². The lowest BCUT2D eigenvalue weighted by Gasteiger charge is -2.04. The van der Waals surface area contributed by atoms with E-state index in [9.17, 15) is 18.4 Å². The van der Waals surface area contributed by atoms with Crippen LogP contribution >= 0.6 is 12.4 Å². The molecule has 1 aromatic rings. The van der Waals surface area contributed by atoms with Crippen LogP contribution in [0.3, 0.4) is 0 Å². The summed E-state index contributed by atoms with van der Waals surface area (Å²) in [5.74, 6) is -2.69. The van der Waals surface area contributed by atoms with Gasteiger partial charge in [-0.15, -0.1) is 12.4 Å². The van der Waals surface area contributed by atoms with E-state index < -0.39 is 11.6 Å². The first kappa shape index (κ1) is 18.5. The predicted molar refractivity (Wildman–Crippen MR) is 74.1 cm³/mol. The standard InChI is InChI=1S/C13H16F2N2O2.ClH/c1-16-6-7-17-13(19)5-4-12(18)9-2-3-10(14)11(15)8-9;/h2-3,8,16H,4-7H2,1H3,(H,17,19);1H. The van der Waals surface area contributed by atoms with E-state index in [0.29, 0.717) is 13.1 Å². The molecule has 0 radical (unpaired) electrons. The Morgan fingerprint density at radius 2 is 1.80 bits per heavy atom. The van der Waals surface area contributed by atoms with Crippen LogP contribution in [0.4, 0.5) is 8.78 Å². The summed E-state index contributed by atoms with van der Waals surface area (Å²) in [5, 5.41) is 5.49. The molecule has 0 aliphatic heterocycles. The molecule has 0 atom stereocenters. The van der Waals surface area contributed by atoms with Crippen molar-refractivity contribution in [2.24, 2.45) is 0 Å². The molecular weight excluding hydrogens is 290 g/mol. The van der Waals surface area contributed by atoms with Gasteiger partial charge in [-0.1, -0.05) is 0 Å². The van der Waals surface area contributed by atoms with Crippen LogP contribution in [0.1, 0.15) is 23.2 Å². The summed E-state index contributed by atoms with van der Waals surface area (Å²) in [5.41, 5.74) is 0.0712. The maximum atomic E-state index is 12.9. The second kappa shape index (κ2) is 9.39. The molecule has 0 spiro atoms. The molecule has 0 fully saturated rings. The SMILES string of the molecule is CNCCNC(=O)CCC(=O)c1ccc(F)c(F)c1.Cl. The number of ketones is 1. The molecule has 0 saturated heterocycles. The molecule has 2 N–H and O–H groups in total. The fraction of sp³-hybridized carbons (Fsp3) is 0.385. The van der Waals surface area contributed by atoms with Crippen LogP contribution in [0.5, 0.6) is 0 Å². The molecule has 0 bridgehead atoms. The monoisotopic (exact) mass is 306 g/mol. The number of carbonyl (C=O) groups is 2. The van der Waals surface area contributed by atoms with E-state index in [1.807, 2.05) is 0 Å². The van der Waals surface area contributed by atoms with Gasteiger partial charge in [0, 0.05) is 31.5 Å². The van der Waals surface area contributed by atoms with Crippen LogP contribution in [0.2, 0.25) is 0 Å². The second-order valence-corrected chi connectivity index (χ2v) is 4.01. The third kappa shape index (κ3) is 6.08. The highest BCUT2D eigenvalue weighted by molar-refractivity contribution is 5.97. The van der Waals surface area contributed by atoms with Crippen molar-refractivity contribution in [3.63, 3.8) is 0 Å². The molecule has 1 amide bonds. The first-order valence-electron chi connectivity index (χ1n) is 5.94. The van der Waals surface area contributed by atoms with Gasteiger partial charge in [0.15, 0.2) is 17.4 Å². The van der Waals surface area contributed by atoms with Crippen molar-refractivity contribution in [2.45, 2.75) is 12.8 Å². The number of likely N-dealkylation sites (N-methyl/N-ethyl adjacent to an activating group) is 1. The maximum absolute atomic E-state index is 12.9. The highest BCUT2D eigenvalue weighted by Gasteiger charge is 2.11. The summed E-state index contributed by atoms with van der Waals surface area (Å²) in [6, 6.07) is 2.95. The molecule has 0 unspecified atom stereocenters. The van der Waals surface area contributed by atoms with Gasteiger partial charge in [0.25, 0.3) is 0 Å². The average molecular weight is 307 g/mol. The van der Waals surface area contributed by atoms with Crippen molar-refractivity contribution < 1.29 is 18.4 Å². The van der Waals surface area contributed by atoms with E-state index in [-0.39, 0.29) is 42.5 Å². The molecule has 1 aromatic carbocycles. The Morgan fingerprint density at radius 3 is 2.40 bits per heavy atom. The second-order valence-electron chi connectivity index (χ2n) is 4.01. The molecule has 1 rings (SSSR count). The number of rotatable bonds is 7. The van der Waals surface area contributed by atoms with E-state index in [2.05, 4.69) is 10.6 Å². The van der Waals surface area contributed by atoms with Crippen molar-refractivity contribution in [3.8, 4) is 0 Å². The van der Waals surface area contributed by atoms with Gasteiger partial charge in [-0.2, -0.15) is 0 Å². The van der Waals surface area contributed by atoms with Gasteiger partial charge >= 0.3 is 0 Å². The minimum atomic E-state index is -1.07. The van der Waals surface area contributed by atoms with Gasteiger partial charge in [0.05, 0.1) is 0 Å². The third-order valence-corrected chi connectivity index (χ3v) is 2.52. The Bertz CT molecular complexity index is 470. The normalized spacial score (nSPS) is 9.75. The highest BCUT2D eigenvalue weighted by atomic mass is 35.5. The highest BCUT2D eigenvalue weighted by Crippen LogP contribution is 2.11. The number of benzene rings is 1. The van der Waals surface area contributed by atoms with E-state index in [1.54, 1.807) is 7.05 Å². The van der Waals surface area contributed by atoms with Crippen LogP contribution in [-0.2, 0) is 4.79 Å². The van der Waals surface area contributed by atoms with Crippen LogP contribution in [0.15, 0.2) is 18.2 Å². The number of amides is 1. The lowest BCUT2D eigenvalue weighted by molar-refractivity contribution is -0.121. The summed E-state index contributed by atoms with van der Waals surface area (Å²) in [6.07, 6.45) is -0.00198. The Kier molecular flexibility index (Phi) is 8.67. The number of carbonyl (C=O) groups excluding carboxylic acids is 2. The number of hydrogen-bond acceptors (Lipinski definition) is 3. The summed E-state index contributed by atoms with van der Waals surface area (Å²) in [7, 11) is 1.76. The van der Waals surface area contributed by atoms with Crippen LogP contribution in [0.25, 0.3) is 0 Å². The first-order chi connectivity index (χ1) is 9.04. The Labute approximate surface area is 122 Å². The average Bonchev–Trinajstić information content (AvgIpc) is 2.39. The first-order valence-corrected chi connectivity index (χ1v) is 5.94. The van der Waals surface area contributed by atoms with Gasteiger partial charge in [-0.05, 0) is 25.2 Å². The molecule has 4 nitrogen and oxygen atoms in total. The van der Waals surface area contributed by atoms with Crippen molar-refractivity contribution in [1.82, 2.24) is 10.6 Å². The minimum absolute atomic E-state index is 0. The van der Waals surface area contributed by atoms with Crippen molar-refractivity contribution >= 4 is 24.1 Å². The topological polar surface area (TPSA) is 58.2 Å². The van der Waals surface area contributed by atoms with Crippen molar-refractivity contribution in [1.29, 1.82) is 0 Å². The molecule has 20 heavy (non-hydrogen) atoms. The van der Waals surface area contributed by atoms with E-state index in [1.165, 1.54) is 6.07 Å². The molecule has 7 heteroatoms. The minimum Gasteiger partial charge on any atom is -0.355 e. The fourth-order valence-electron chi connectivity index (χ4n) is 1.46. The number of nitrogens with one attached hydrogen (secondary N) is 2. The molecule has 0 aromatic heterocycles. The fourth-order valence-corrected chi connectivity index (χ4v) is 1.46. The Morgan fingerprint density at radius 1 is 1.10 bits per heavy atom. The summed E-state index contributed by atoms with van der Waals surface area (Å²) >= 11 is 0. The Balaban J connectivity index is 0.00000361. The Hall–Kier alpha value is -1.53. The van der Waals surface area contributed by atoms with Crippen LogP contribution in [-0.4, -0.2) is 31.8 Å². The van der Waals surface area contributed by atoms with E-state index in [4.69, 9.17) is 0 Å².